The highest BCUT2D eigenvalue weighted by atomic mass is 127. The second kappa shape index (κ2) is 6.56. The largest absolute Gasteiger partial charge is 0.485 e. The lowest BCUT2D eigenvalue weighted by Gasteiger charge is -2.24. The summed E-state index contributed by atoms with van der Waals surface area (Å²) in [5.74, 6) is 0.549. The Bertz CT molecular complexity index is 533. The van der Waals surface area contributed by atoms with Gasteiger partial charge in [0.25, 0.3) is 0 Å². The molecule has 2 heterocycles. The molecule has 0 radical (unpaired) electrons. The van der Waals surface area contributed by atoms with Gasteiger partial charge >= 0.3 is 6.09 Å². The summed E-state index contributed by atoms with van der Waals surface area (Å²) < 4.78 is 12.0. The Labute approximate surface area is 143 Å². The van der Waals surface area contributed by atoms with Gasteiger partial charge in [-0.2, -0.15) is 0 Å². The third-order valence-electron chi connectivity index (χ3n) is 2.87. The van der Waals surface area contributed by atoms with Gasteiger partial charge in [-0.15, -0.1) is 0 Å². The van der Waals surface area contributed by atoms with Crippen LogP contribution in [-0.2, 0) is 4.74 Å². The molecule has 1 unspecified atom stereocenters. The Morgan fingerprint density at radius 2 is 2.19 bits per heavy atom. The zero-order valence-corrected chi connectivity index (χ0v) is 15.1. The minimum atomic E-state index is -0.487. The van der Waals surface area contributed by atoms with E-state index in [1.54, 1.807) is 11.0 Å². The van der Waals surface area contributed by atoms with E-state index >= 15 is 0 Å². The molecule has 1 fully saturated rings. The molecule has 1 aliphatic heterocycles. The predicted octanol–water partition coefficient (Wildman–Crippen LogP) is 3.73. The van der Waals surface area contributed by atoms with E-state index in [1.807, 2.05) is 26.8 Å². The van der Waals surface area contributed by atoms with Crippen LogP contribution >= 0.6 is 34.2 Å². The van der Waals surface area contributed by atoms with E-state index in [9.17, 15) is 4.79 Å². The van der Waals surface area contributed by atoms with Crippen LogP contribution in [0.5, 0.6) is 5.75 Å². The summed E-state index contributed by atoms with van der Waals surface area (Å²) in [6.07, 6.45) is 0.360. The van der Waals surface area contributed by atoms with Crippen LogP contribution in [0.4, 0.5) is 4.79 Å². The topological polar surface area (TPSA) is 51.7 Å². The van der Waals surface area contributed by atoms with Crippen molar-refractivity contribution in [1.82, 2.24) is 9.88 Å². The summed E-state index contributed by atoms with van der Waals surface area (Å²) in [5, 5.41) is 0.345. The van der Waals surface area contributed by atoms with Crippen LogP contribution in [0.1, 0.15) is 27.2 Å². The molecule has 1 amide bonds. The molecule has 0 N–H and O–H groups in total. The highest BCUT2D eigenvalue weighted by Crippen LogP contribution is 2.26. The quantitative estimate of drug-likeness (QED) is 0.536. The van der Waals surface area contributed by atoms with Crippen LogP contribution in [0, 0.1) is 3.70 Å². The van der Waals surface area contributed by atoms with Crippen molar-refractivity contribution >= 4 is 40.3 Å². The first kappa shape index (κ1) is 16.6. The number of carbonyl (C=O) groups is 1. The molecule has 0 bridgehead atoms. The average molecular weight is 425 g/mol. The number of likely N-dealkylation sites (tertiary alicyclic amines) is 1. The molecule has 2 rings (SSSR count). The maximum Gasteiger partial charge on any atom is 0.410 e. The van der Waals surface area contributed by atoms with E-state index < -0.39 is 5.60 Å². The van der Waals surface area contributed by atoms with Crippen LogP contribution in [0.3, 0.4) is 0 Å². The first-order valence-corrected chi connectivity index (χ1v) is 8.17. The highest BCUT2D eigenvalue weighted by Gasteiger charge is 2.31. The predicted molar refractivity (Wildman–Crippen MR) is 88.8 cm³/mol. The van der Waals surface area contributed by atoms with Crippen molar-refractivity contribution in [3.8, 4) is 5.75 Å². The van der Waals surface area contributed by atoms with Crippen molar-refractivity contribution in [3.05, 3.63) is 21.0 Å². The molecular formula is C14H18ClIN2O3. The summed E-state index contributed by atoms with van der Waals surface area (Å²) >= 11 is 8.14. The maximum absolute atomic E-state index is 12.0. The maximum atomic E-state index is 12.0. The lowest BCUT2D eigenvalue weighted by atomic mass is 10.2. The molecule has 0 spiro atoms. The van der Waals surface area contributed by atoms with Crippen molar-refractivity contribution in [2.24, 2.45) is 0 Å². The first-order valence-electron chi connectivity index (χ1n) is 6.71. The van der Waals surface area contributed by atoms with Gasteiger partial charge < -0.3 is 14.4 Å². The van der Waals surface area contributed by atoms with Crippen molar-refractivity contribution in [1.29, 1.82) is 0 Å². The smallest absolute Gasteiger partial charge is 0.410 e. The molecular weight excluding hydrogens is 407 g/mol. The molecule has 1 aromatic heterocycles. The second-order valence-electron chi connectivity index (χ2n) is 5.88. The fraction of sp³-hybridized carbons (Fsp3) is 0.571. The standard InChI is InChI=1S/C14H18ClIN2O3/c1-14(2,3)21-13(19)18-7-6-9(8-18)20-10-4-5-11(16)17-12(10)15/h4-5,9H,6-8H2,1-3H3. The molecule has 21 heavy (non-hydrogen) atoms. The Morgan fingerprint density at radius 1 is 1.48 bits per heavy atom. The fourth-order valence-corrected chi connectivity index (χ4v) is 2.75. The van der Waals surface area contributed by atoms with Gasteiger partial charge in [-0.05, 0) is 55.5 Å². The number of pyridine rings is 1. The zero-order valence-electron chi connectivity index (χ0n) is 12.2. The molecule has 0 aromatic carbocycles. The average Bonchev–Trinajstić information content (AvgIpc) is 2.79. The number of ether oxygens (including phenoxy) is 2. The second-order valence-corrected chi connectivity index (χ2v) is 7.34. The van der Waals surface area contributed by atoms with Crippen LogP contribution in [0.15, 0.2) is 12.1 Å². The van der Waals surface area contributed by atoms with E-state index in [4.69, 9.17) is 21.1 Å². The van der Waals surface area contributed by atoms with E-state index in [-0.39, 0.29) is 12.2 Å². The summed E-state index contributed by atoms with van der Waals surface area (Å²) in [5.41, 5.74) is -0.487. The number of aromatic nitrogens is 1. The van der Waals surface area contributed by atoms with Crippen molar-refractivity contribution in [2.45, 2.75) is 38.9 Å². The van der Waals surface area contributed by atoms with Crippen LogP contribution in [0.25, 0.3) is 0 Å². The number of halogens is 2. The van der Waals surface area contributed by atoms with Gasteiger partial charge in [0, 0.05) is 13.0 Å². The molecule has 0 saturated carbocycles. The molecule has 1 saturated heterocycles. The summed E-state index contributed by atoms with van der Waals surface area (Å²) in [6, 6.07) is 3.63. The molecule has 0 aliphatic carbocycles. The number of carbonyl (C=O) groups excluding carboxylic acids is 1. The summed E-state index contributed by atoms with van der Waals surface area (Å²) in [6.45, 7) is 6.68. The molecule has 1 aromatic rings. The third-order valence-corrected chi connectivity index (χ3v) is 3.74. The molecule has 5 nitrogen and oxygen atoms in total. The van der Waals surface area contributed by atoms with Gasteiger partial charge in [-0.25, -0.2) is 9.78 Å². The monoisotopic (exact) mass is 424 g/mol. The van der Waals surface area contributed by atoms with Gasteiger partial charge in [0.15, 0.2) is 10.9 Å². The van der Waals surface area contributed by atoms with Crippen LogP contribution < -0.4 is 4.74 Å². The Balaban J connectivity index is 1.92. The molecule has 116 valence electrons. The van der Waals surface area contributed by atoms with Gasteiger partial charge in [-0.3, -0.25) is 0 Å². The SMILES string of the molecule is CC(C)(C)OC(=O)N1CCC(Oc2ccc(I)nc2Cl)C1. The van der Waals surface area contributed by atoms with Gasteiger partial charge in [-0.1, -0.05) is 11.6 Å². The lowest BCUT2D eigenvalue weighted by molar-refractivity contribution is 0.0275. The van der Waals surface area contributed by atoms with Gasteiger partial charge in [0.2, 0.25) is 0 Å². The van der Waals surface area contributed by atoms with Crippen LogP contribution in [-0.4, -0.2) is 40.8 Å². The Kier molecular flexibility index (Phi) is 5.19. The van der Waals surface area contributed by atoms with Gasteiger partial charge in [0.05, 0.1) is 6.54 Å². The fourth-order valence-electron chi connectivity index (χ4n) is 1.98. The number of nitrogens with zero attached hydrogens (tertiary/aromatic N) is 2. The Hall–Kier alpha value is -0.760. The third kappa shape index (κ3) is 4.88. The molecule has 7 heteroatoms. The van der Waals surface area contributed by atoms with Crippen molar-refractivity contribution in [3.63, 3.8) is 0 Å². The van der Waals surface area contributed by atoms with Gasteiger partial charge in [0.1, 0.15) is 15.4 Å². The molecule has 1 atom stereocenters. The molecule has 1 aliphatic rings. The summed E-state index contributed by atoms with van der Waals surface area (Å²) in [4.78, 5) is 17.8. The minimum Gasteiger partial charge on any atom is -0.485 e. The van der Waals surface area contributed by atoms with Crippen molar-refractivity contribution in [2.75, 3.05) is 13.1 Å². The number of rotatable bonds is 2. The highest BCUT2D eigenvalue weighted by molar-refractivity contribution is 14.1. The first-order chi connectivity index (χ1) is 9.74. The lowest BCUT2D eigenvalue weighted by Crippen LogP contribution is -2.36. The minimum absolute atomic E-state index is 0.0862. The number of hydrogen-bond acceptors (Lipinski definition) is 4. The zero-order chi connectivity index (χ0) is 15.6. The Morgan fingerprint density at radius 3 is 2.81 bits per heavy atom. The van der Waals surface area contributed by atoms with E-state index in [0.717, 1.165) is 10.1 Å². The van der Waals surface area contributed by atoms with E-state index in [0.29, 0.717) is 24.0 Å². The van der Waals surface area contributed by atoms with Crippen molar-refractivity contribution < 1.29 is 14.3 Å². The van der Waals surface area contributed by atoms with Crippen LogP contribution in [0.2, 0.25) is 5.15 Å². The van der Waals surface area contributed by atoms with E-state index in [2.05, 4.69) is 27.6 Å². The summed E-state index contributed by atoms with van der Waals surface area (Å²) in [7, 11) is 0. The van der Waals surface area contributed by atoms with E-state index in [1.165, 1.54) is 0 Å². The number of amides is 1. The normalized spacial score (nSPS) is 18.7. The number of hydrogen-bond donors (Lipinski definition) is 0.